The maximum Gasteiger partial charge on any atom is 0.119 e. The van der Waals surface area contributed by atoms with E-state index in [9.17, 15) is 0 Å². The van der Waals surface area contributed by atoms with Gasteiger partial charge >= 0.3 is 0 Å². The van der Waals surface area contributed by atoms with Crippen LogP contribution in [0.25, 0.3) is 0 Å². The van der Waals surface area contributed by atoms with Gasteiger partial charge in [-0.05, 0) is 37.8 Å². The van der Waals surface area contributed by atoms with Crippen molar-refractivity contribution in [2.24, 2.45) is 17.3 Å². The second kappa shape index (κ2) is 7.50. The number of hydrogen-bond donors (Lipinski definition) is 0. The van der Waals surface area contributed by atoms with Gasteiger partial charge < -0.3 is 9.47 Å². The van der Waals surface area contributed by atoms with Gasteiger partial charge in [0.2, 0.25) is 0 Å². The summed E-state index contributed by atoms with van der Waals surface area (Å²) in [5, 5.41) is 0. The monoisotopic (exact) mass is 304 g/mol. The highest BCUT2D eigenvalue weighted by Gasteiger charge is 2.49. The van der Waals surface area contributed by atoms with Crippen molar-refractivity contribution in [3.8, 4) is 5.75 Å². The topological polar surface area (TPSA) is 18.5 Å². The number of rotatable bonds is 4. The zero-order valence-corrected chi connectivity index (χ0v) is 14.9. The molecule has 3 atom stereocenters. The molecule has 124 valence electrons. The standard InChI is InChI=1S/C16H24O.C4H8O/c1-5-10-16(4)13(3)11-15(16)17-14-8-6-12(2)7-9-14;1-4-2-5-3-4/h6-9,13,15H,5,10-11H2,1-4H3;4H,2-3H2,1H3. The van der Waals surface area contributed by atoms with Crippen LogP contribution < -0.4 is 4.74 Å². The van der Waals surface area contributed by atoms with E-state index in [4.69, 9.17) is 9.47 Å². The molecule has 3 unspecified atom stereocenters. The van der Waals surface area contributed by atoms with E-state index < -0.39 is 0 Å². The van der Waals surface area contributed by atoms with Crippen LogP contribution in [-0.4, -0.2) is 19.3 Å². The third kappa shape index (κ3) is 4.04. The summed E-state index contributed by atoms with van der Waals surface area (Å²) in [6.45, 7) is 13.3. The summed E-state index contributed by atoms with van der Waals surface area (Å²) in [6.07, 6.45) is 4.11. The SMILES string of the molecule is CC1COC1.CCCC1(C)C(C)CC1Oc1ccc(C)cc1. The first-order valence-electron chi connectivity index (χ1n) is 8.76. The van der Waals surface area contributed by atoms with E-state index in [0.29, 0.717) is 11.5 Å². The molecule has 1 saturated heterocycles. The Bertz CT molecular complexity index is 449. The van der Waals surface area contributed by atoms with Crippen molar-refractivity contribution < 1.29 is 9.47 Å². The molecule has 1 aliphatic carbocycles. The van der Waals surface area contributed by atoms with Crippen LogP contribution in [0.2, 0.25) is 0 Å². The van der Waals surface area contributed by atoms with Crippen molar-refractivity contribution in [3.05, 3.63) is 29.8 Å². The Kier molecular flexibility index (Phi) is 5.91. The van der Waals surface area contributed by atoms with E-state index >= 15 is 0 Å². The fraction of sp³-hybridized carbons (Fsp3) is 0.700. The lowest BCUT2D eigenvalue weighted by Gasteiger charge is -2.52. The summed E-state index contributed by atoms with van der Waals surface area (Å²) in [5.41, 5.74) is 1.66. The molecule has 0 radical (unpaired) electrons. The molecule has 0 spiro atoms. The van der Waals surface area contributed by atoms with Crippen LogP contribution in [0, 0.1) is 24.2 Å². The van der Waals surface area contributed by atoms with Crippen LogP contribution in [0.1, 0.15) is 52.5 Å². The molecule has 0 bridgehead atoms. The molecule has 1 aromatic rings. The average molecular weight is 304 g/mol. The zero-order valence-electron chi connectivity index (χ0n) is 14.9. The Balaban J connectivity index is 0.000000299. The first-order valence-corrected chi connectivity index (χ1v) is 8.76. The summed E-state index contributed by atoms with van der Waals surface area (Å²) in [6, 6.07) is 8.42. The van der Waals surface area contributed by atoms with Crippen molar-refractivity contribution in [1.82, 2.24) is 0 Å². The quantitative estimate of drug-likeness (QED) is 0.757. The van der Waals surface area contributed by atoms with Crippen LogP contribution >= 0.6 is 0 Å². The van der Waals surface area contributed by atoms with E-state index in [0.717, 1.165) is 30.8 Å². The van der Waals surface area contributed by atoms with Gasteiger partial charge in [-0.15, -0.1) is 0 Å². The predicted molar refractivity (Wildman–Crippen MR) is 92.4 cm³/mol. The van der Waals surface area contributed by atoms with Crippen LogP contribution in [0.3, 0.4) is 0 Å². The van der Waals surface area contributed by atoms with Crippen molar-refractivity contribution in [1.29, 1.82) is 0 Å². The fourth-order valence-electron chi connectivity index (χ4n) is 3.28. The van der Waals surface area contributed by atoms with Crippen LogP contribution in [-0.2, 0) is 4.74 Å². The molecule has 2 aliphatic rings. The summed E-state index contributed by atoms with van der Waals surface area (Å²) < 4.78 is 11.0. The molecule has 2 fully saturated rings. The number of benzene rings is 1. The van der Waals surface area contributed by atoms with E-state index in [1.165, 1.54) is 24.8 Å². The molecule has 22 heavy (non-hydrogen) atoms. The second-order valence-electron chi connectivity index (χ2n) is 7.45. The van der Waals surface area contributed by atoms with Crippen LogP contribution in [0.15, 0.2) is 24.3 Å². The van der Waals surface area contributed by atoms with Crippen molar-refractivity contribution in [2.75, 3.05) is 13.2 Å². The normalized spacial score (nSPS) is 30.6. The molecule has 3 rings (SSSR count). The van der Waals surface area contributed by atoms with Gasteiger partial charge in [0.15, 0.2) is 0 Å². The zero-order chi connectivity index (χ0) is 16.2. The predicted octanol–water partition coefficient (Wildman–Crippen LogP) is 5.24. The van der Waals surface area contributed by atoms with E-state index in [1.807, 2.05) is 0 Å². The first-order chi connectivity index (χ1) is 10.5. The van der Waals surface area contributed by atoms with Gasteiger partial charge in [-0.2, -0.15) is 0 Å². The maximum absolute atomic E-state index is 6.14. The summed E-state index contributed by atoms with van der Waals surface area (Å²) in [5.74, 6) is 2.66. The Hall–Kier alpha value is -1.02. The minimum absolute atomic E-state index is 0.375. The largest absolute Gasteiger partial charge is 0.490 e. The molecule has 2 heteroatoms. The van der Waals surface area contributed by atoms with Gasteiger partial charge in [0.1, 0.15) is 11.9 Å². The molecule has 1 aromatic carbocycles. The van der Waals surface area contributed by atoms with Gasteiger partial charge in [-0.25, -0.2) is 0 Å². The minimum atomic E-state index is 0.375. The van der Waals surface area contributed by atoms with Crippen molar-refractivity contribution >= 4 is 0 Å². The first kappa shape index (κ1) is 17.3. The summed E-state index contributed by atoms with van der Waals surface area (Å²) in [4.78, 5) is 0. The third-order valence-corrected chi connectivity index (χ3v) is 5.32. The number of aryl methyl sites for hydroxylation is 1. The molecule has 1 aliphatic heterocycles. The Morgan fingerprint density at radius 2 is 1.77 bits per heavy atom. The summed E-state index contributed by atoms with van der Waals surface area (Å²) in [7, 11) is 0. The fourth-order valence-corrected chi connectivity index (χ4v) is 3.28. The third-order valence-electron chi connectivity index (χ3n) is 5.32. The average Bonchev–Trinajstić information content (AvgIpc) is 2.48. The van der Waals surface area contributed by atoms with Gasteiger partial charge in [0, 0.05) is 11.3 Å². The Labute approximate surface area is 136 Å². The highest BCUT2D eigenvalue weighted by molar-refractivity contribution is 5.27. The van der Waals surface area contributed by atoms with Gasteiger partial charge in [-0.1, -0.05) is 51.8 Å². The van der Waals surface area contributed by atoms with Gasteiger partial charge in [-0.3, -0.25) is 0 Å². The minimum Gasteiger partial charge on any atom is -0.490 e. The molecule has 0 amide bonds. The molecule has 1 saturated carbocycles. The summed E-state index contributed by atoms with van der Waals surface area (Å²) >= 11 is 0. The lowest BCUT2D eigenvalue weighted by atomic mass is 9.57. The van der Waals surface area contributed by atoms with E-state index in [-0.39, 0.29) is 0 Å². The molecule has 2 nitrogen and oxygen atoms in total. The van der Waals surface area contributed by atoms with Crippen LogP contribution in [0.4, 0.5) is 0 Å². The molecule has 0 aromatic heterocycles. The Morgan fingerprint density at radius 1 is 1.18 bits per heavy atom. The van der Waals surface area contributed by atoms with Crippen LogP contribution in [0.5, 0.6) is 5.75 Å². The lowest BCUT2D eigenvalue weighted by molar-refractivity contribution is -0.0916. The molecular formula is C20H32O2. The maximum atomic E-state index is 6.14. The van der Waals surface area contributed by atoms with E-state index in [2.05, 4.69) is 58.9 Å². The smallest absolute Gasteiger partial charge is 0.119 e. The van der Waals surface area contributed by atoms with Gasteiger partial charge in [0.25, 0.3) is 0 Å². The van der Waals surface area contributed by atoms with E-state index in [1.54, 1.807) is 0 Å². The molecule has 1 heterocycles. The highest BCUT2D eigenvalue weighted by atomic mass is 16.5. The highest BCUT2D eigenvalue weighted by Crippen LogP contribution is 2.51. The number of hydrogen-bond acceptors (Lipinski definition) is 2. The second-order valence-corrected chi connectivity index (χ2v) is 7.45. The van der Waals surface area contributed by atoms with Crippen molar-refractivity contribution in [3.63, 3.8) is 0 Å². The molecular weight excluding hydrogens is 272 g/mol. The lowest BCUT2D eigenvalue weighted by Crippen LogP contribution is -2.53. The number of ether oxygens (including phenoxy) is 2. The Morgan fingerprint density at radius 3 is 2.18 bits per heavy atom. The van der Waals surface area contributed by atoms with Crippen molar-refractivity contribution in [2.45, 2.75) is 60.0 Å². The van der Waals surface area contributed by atoms with Gasteiger partial charge in [0.05, 0.1) is 13.2 Å². The molecule has 0 N–H and O–H groups in total.